The standard InChI is InChI=1S/C19H21N3O2S2/c23-26(24,20-13-15-7-2-1-3-8-15)18-14-22(16-9-4-5-10-16)21-19(18)17-11-6-12-25-17/h1-3,6-8,11-12,14,16,20H,4-5,9-10,13H2. The van der Waals surface area contributed by atoms with E-state index in [4.69, 9.17) is 0 Å². The molecule has 1 N–H and O–H groups in total. The van der Waals surface area contributed by atoms with E-state index in [1.165, 1.54) is 24.2 Å². The summed E-state index contributed by atoms with van der Waals surface area (Å²) < 4.78 is 30.6. The van der Waals surface area contributed by atoms with Crippen molar-refractivity contribution in [1.82, 2.24) is 14.5 Å². The highest BCUT2D eigenvalue weighted by atomic mass is 32.2. The van der Waals surface area contributed by atoms with Gasteiger partial charge in [-0.3, -0.25) is 4.68 Å². The largest absolute Gasteiger partial charge is 0.268 e. The van der Waals surface area contributed by atoms with Gasteiger partial charge >= 0.3 is 0 Å². The van der Waals surface area contributed by atoms with E-state index in [1.807, 2.05) is 52.5 Å². The molecule has 0 saturated heterocycles. The van der Waals surface area contributed by atoms with Gasteiger partial charge in [0, 0.05) is 12.7 Å². The van der Waals surface area contributed by atoms with Crippen LogP contribution < -0.4 is 4.72 Å². The molecule has 2 heterocycles. The van der Waals surface area contributed by atoms with Gasteiger partial charge in [-0.05, 0) is 29.9 Å². The first kappa shape index (κ1) is 17.5. The minimum atomic E-state index is -3.65. The lowest BCUT2D eigenvalue weighted by Crippen LogP contribution is -2.23. The minimum Gasteiger partial charge on any atom is -0.268 e. The van der Waals surface area contributed by atoms with Crippen LogP contribution in [-0.4, -0.2) is 18.2 Å². The molecule has 0 atom stereocenters. The quantitative estimate of drug-likeness (QED) is 0.689. The molecule has 0 amide bonds. The third-order valence-electron chi connectivity index (χ3n) is 4.75. The smallest absolute Gasteiger partial charge is 0.244 e. The summed E-state index contributed by atoms with van der Waals surface area (Å²) in [7, 11) is -3.65. The minimum absolute atomic E-state index is 0.266. The third kappa shape index (κ3) is 3.60. The SMILES string of the molecule is O=S(=O)(NCc1ccccc1)c1cn(C2CCCC2)nc1-c1cccs1. The Morgan fingerprint density at radius 2 is 1.88 bits per heavy atom. The van der Waals surface area contributed by atoms with Gasteiger partial charge in [0.05, 0.1) is 10.9 Å². The van der Waals surface area contributed by atoms with Gasteiger partial charge in [0.25, 0.3) is 0 Å². The summed E-state index contributed by atoms with van der Waals surface area (Å²) in [6.45, 7) is 0.266. The summed E-state index contributed by atoms with van der Waals surface area (Å²) in [5.74, 6) is 0. The van der Waals surface area contributed by atoms with E-state index in [0.717, 1.165) is 23.3 Å². The van der Waals surface area contributed by atoms with Crippen LogP contribution in [0.3, 0.4) is 0 Å². The second-order valence-corrected chi connectivity index (χ2v) is 9.23. The van der Waals surface area contributed by atoms with Gasteiger partial charge in [0.2, 0.25) is 10.0 Å². The van der Waals surface area contributed by atoms with Crippen LogP contribution >= 0.6 is 11.3 Å². The van der Waals surface area contributed by atoms with Crippen LogP contribution in [0, 0.1) is 0 Å². The summed E-state index contributed by atoms with van der Waals surface area (Å²) in [5.41, 5.74) is 1.48. The molecule has 0 aliphatic heterocycles. The predicted molar refractivity (Wildman–Crippen MR) is 104 cm³/mol. The molecule has 1 aromatic carbocycles. The van der Waals surface area contributed by atoms with Crippen LogP contribution in [0.2, 0.25) is 0 Å². The van der Waals surface area contributed by atoms with Gasteiger partial charge in [0.15, 0.2) is 0 Å². The molecule has 1 aliphatic carbocycles. The molecule has 4 rings (SSSR count). The zero-order chi connectivity index (χ0) is 18.0. The fraction of sp³-hybridized carbons (Fsp3) is 0.316. The molecule has 0 bridgehead atoms. The lowest BCUT2D eigenvalue weighted by atomic mass is 10.2. The molecule has 1 saturated carbocycles. The number of thiophene rings is 1. The highest BCUT2D eigenvalue weighted by Gasteiger charge is 2.27. The number of nitrogens with zero attached hydrogens (tertiary/aromatic N) is 2. The molecule has 0 radical (unpaired) electrons. The molecular weight excluding hydrogens is 366 g/mol. The van der Waals surface area contributed by atoms with Crippen molar-refractivity contribution in [2.24, 2.45) is 0 Å². The van der Waals surface area contributed by atoms with Gasteiger partial charge < -0.3 is 0 Å². The summed E-state index contributed by atoms with van der Waals surface area (Å²) in [4.78, 5) is 1.14. The summed E-state index contributed by atoms with van der Waals surface area (Å²) in [6.07, 6.45) is 6.17. The summed E-state index contributed by atoms with van der Waals surface area (Å²) in [5, 5.41) is 6.61. The molecule has 2 aromatic heterocycles. The zero-order valence-electron chi connectivity index (χ0n) is 14.3. The number of hydrogen-bond acceptors (Lipinski definition) is 4. The van der Waals surface area contributed by atoms with Crippen molar-refractivity contribution in [3.05, 3.63) is 59.6 Å². The second kappa shape index (κ2) is 7.34. The zero-order valence-corrected chi connectivity index (χ0v) is 16.0. The molecule has 7 heteroatoms. The molecule has 1 aliphatic rings. The Bertz CT molecular complexity index is 958. The lowest BCUT2D eigenvalue weighted by molar-refractivity contribution is 0.467. The Balaban J connectivity index is 1.67. The molecule has 0 unspecified atom stereocenters. The Hall–Kier alpha value is -1.96. The molecular formula is C19H21N3O2S2. The van der Waals surface area contributed by atoms with Gasteiger partial charge in [-0.25, -0.2) is 13.1 Å². The predicted octanol–water partition coefficient (Wildman–Crippen LogP) is 4.21. The average molecular weight is 388 g/mol. The fourth-order valence-corrected chi connectivity index (χ4v) is 5.32. The number of sulfonamides is 1. The highest BCUT2D eigenvalue weighted by molar-refractivity contribution is 7.89. The van der Waals surface area contributed by atoms with Crippen LogP contribution in [0.5, 0.6) is 0 Å². The Labute approximate surface area is 157 Å². The number of aromatic nitrogens is 2. The van der Waals surface area contributed by atoms with Gasteiger partial charge in [-0.2, -0.15) is 5.10 Å². The van der Waals surface area contributed by atoms with Gasteiger partial charge in [-0.15, -0.1) is 11.3 Å². The molecule has 3 aromatic rings. The first-order valence-corrected chi connectivity index (χ1v) is 11.2. The maximum Gasteiger partial charge on any atom is 0.244 e. The van der Waals surface area contributed by atoms with E-state index in [-0.39, 0.29) is 11.4 Å². The Morgan fingerprint density at radius 3 is 2.58 bits per heavy atom. The normalized spacial score (nSPS) is 15.5. The lowest BCUT2D eigenvalue weighted by Gasteiger charge is -2.08. The second-order valence-electron chi connectivity index (χ2n) is 6.55. The number of nitrogens with one attached hydrogen (secondary N) is 1. The third-order valence-corrected chi connectivity index (χ3v) is 7.03. The monoisotopic (exact) mass is 387 g/mol. The van der Waals surface area contributed by atoms with Crippen LogP contribution in [0.25, 0.3) is 10.6 Å². The number of hydrogen-bond donors (Lipinski definition) is 1. The van der Waals surface area contributed by atoms with E-state index >= 15 is 0 Å². The highest BCUT2D eigenvalue weighted by Crippen LogP contribution is 2.34. The topological polar surface area (TPSA) is 64.0 Å². The maximum absolute atomic E-state index is 13.0. The van der Waals surface area contributed by atoms with E-state index in [9.17, 15) is 8.42 Å². The van der Waals surface area contributed by atoms with Crippen molar-refractivity contribution in [1.29, 1.82) is 0 Å². The van der Waals surface area contributed by atoms with Crippen molar-refractivity contribution in [3.63, 3.8) is 0 Å². The van der Waals surface area contributed by atoms with Crippen molar-refractivity contribution < 1.29 is 8.42 Å². The van der Waals surface area contributed by atoms with Crippen LogP contribution in [0.1, 0.15) is 37.3 Å². The first-order valence-electron chi connectivity index (χ1n) is 8.80. The molecule has 136 valence electrons. The molecule has 1 fully saturated rings. The maximum atomic E-state index is 13.0. The average Bonchev–Trinajstić information content (AvgIpc) is 3.41. The van der Waals surface area contributed by atoms with E-state index < -0.39 is 10.0 Å². The van der Waals surface area contributed by atoms with Crippen LogP contribution in [0.15, 0.2) is 58.9 Å². The van der Waals surface area contributed by atoms with Crippen molar-refractivity contribution in [2.45, 2.75) is 43.2 Å². The summed E-state index contributed by atoms with van der Waals surface area (Å²) >= 11 is 1.51. The van der Waals surface area contributed by atoms with Gasteiger partial charge in [0.1, 0.15) is 10.6 Å². The molecule has 0 spiro atoms. The van der Waals surface area contributed by atoms with Gasteiger partial charge in [-0.1, -0.05) is 49.2 Å². The molecule has 26 heavy (non-hydrogen) atoms. The first-order chi connectivity index (χ1) is 12.6. The van der Waals surface area contributed by atoms with E-state index in [1.54, 1.807) is 6.20 Å². The van der Waals surface area contributed by atoms with Crippen LogP contribution in [0.4, 0.5) is 0 Å². The van der Waals surface area contributed by atoms with E-state index in [2.05, 4.69) is 9.82 Å². The number of rotatable bonds is 6. The van der Waals surface area contributed by atoms with Crippen molar-refractivity contribution in [3.8, 4) is 10.6 Å². The van der Waals surface area contributed by atoms with E-state index in [0.29, 0.717) is 11.7 Å². The summed E-state index contributed by atoms with van der Waals surface area (Å²) in [6, 6.07) is 13.7. The Kier molecular flexibility index (Phi) is 4.93. The Morgan fingerprint density at radius 1 is 1.12 bits per heavy atom. The van der Waals surface area contributed by atoms with Crippen LogP contribution in [-0.2, 0) is 16.6 Å². The molecule has 5 nitrogen and oxygen atoms in total. The number of benzene rings is 1. The van der Waals surface area contributed by atoms with Crippen molar-refractivity contribution >= 4 is 21.4 Å². The fourth-order valence-electron chi connectivity index (χ4n) is 3.36. The van der Waals surface area contributed by atoms with Crippen molar-refractivity contribution in [2.75, 3.05) is 0 Å².